The molecule has 0 radical (unpaired) electrons. The number of thioether (sulfide) groups is 1. The molecule has 1 N–H and O–H groups in total. The van der Waals surface area contributed by atoms with Crippen molar-refractivity contribution in [3.63, 3.8) is 0 Å². The molecule has 134 valence electrons. The minimum Gasteiger partial charge on any atom is -0.335 e. The van der Waals surface area contributed by atoms with Crippen LogP contribution in [0.4, 0.5) is 4.39 Å². The van der Waals surface area contributed by atoms with Crippen molar-refractivity contribution >= 4 is 29.0 Å². The van der Waals surface area contributed by atoms with Crippen LogP contribution in [0.3, 0.4) is 0 Å². The normalized spacial score (nSPS) is 17.0. The number of nitrogens with one attached hydrogen (secondary N) is 1. The first kappa shape index (κ1) is 17.3. The molecule has 1 aliphatic rings. The van der Waals surface area contributed by atoms with E-state index in [1.54, 1.807) is 29.7 Å². The van der Waals surface area contributed by atoms with Crippen LogP contribution < -0.4 is 0 Å². The lowest BCUT2D eigenvalue weighted by Crippen LogP contribution is -2.31. The summed E-state index contributed by atoms with van der Waals surface area (Å²) in [5.41, 5.74) is 2.92. The second-order valence-corrected chi connectivity index (χ2v) is 7.94. The quantitative estimate of drug-likeness (QED) is 0.644. The van der Waals surface area contributed by atoms with Crippen LogP contribution in [0.15, 0.2) is 52.4 Å². The number of imidazole rings is 1. The van der Waals surface area contributed by atoms with Crippen LogP contribution in [0.2, 0.25) is 0 Å². The minimum atomic E-state index is -0.265. The van der Waals surface area contributed by atoms with Crippen LogP contribution in [-0.2, 0) is 4.79 Å². The van der Waals surface area contributed by atoms with Gasteiger partial charge in [-0.1, -0.05) is 11.8 Å². The summed E-state index contributed by atoms with van der Waals surface area (Å²) in [6.07, 6.45) is 3.79. The average Bonchev–Trinajstić information content (AvgIpc) is 3.40. The maximum absolute atomic E-state index is 13.0. The van der Waals surface area contributed by atoms with Gasteiger partial charge < -0.3 is 9.88 Å². The number of hydrogen-bond donors (Lipinski definition) is 1. The number of likely N-dealkylation sites (tertiary alicyclic amines) is 1. The fourth-order valence-corrected chi connectivity index (χ4v) is 4.68. The highest BCUT2D eigenvalue weighted by molar-refractivity contribution is 7.99. The van der Waals surface area contributed by atoms with Crippen molar-refractivity contribution in [2.45, 2.75) is 24.0 Å². The number of halogens is 1. The second-order valence-electron chi connectivity index (χ2n) is 6.20. The molecule has 1 saturated heterocycles. The molecule has 4 nitrogen and oxygen atoms in total. The smallest absolute Gasteiger partial charge is 0.233 e. The first-order valence-corrected chi connectivity index (χ1v) is 10.4. The van der Waals surface area contributed by atoms with Gasteiger partial charge in [0.05, 0.1) is 23.7 Å². The van der Waals surface area contributed by atoms with Crippen molar-refractivity contribution in [1.29, 1.82) is 0 Å². The molecule has 0 aliphatic carbocycles. The maximum atomic E-state index is 13.0. The van der Waals surface area contributed by atoms with E-state index >= 15 is 0 Å². The summed E-state index contributed by atoms with van der Waals surface area (Å²) < 4.78 is 13.0. The summed E-state index contributed by atoms with van der Waals surface area (Å²) in [6, 6.07) is 8.57. The molecule has 0 unspecified atom stereocenters. The SMILES string of the molecule is O=C(CSc1ncc(-c2ccc(F)cc2)[nH]1)N1CCC[C@H]1c1ccsc1. The Balaban J connectivity index is 1.38. The van der Waals surface area contributed by atoms with Gasteiger partial charge in [0.25, 0.3) is 0 Å². The predicted molar refractivity (Wildman–Crippen MR) is 103 cm³/mol. The highest BCUT2D eigenvalue weighted by Crippen LogP contribution is 2.33. The molecule has 3 heterocycles. The molecule has 7 heteroatoms. The summed E-state index contributed by atoms with van der Waals surface area (Å²) in [6.45, 7) is 0.818. The number of rotatable bonds is 5. The van der Waals surface area contributed by atoms with Gasteiger partial charge in [-0.3, -0.25) is 4.79 Å². The standard InChI is InChI=1S/C19H18FN3OS2/c20-15-5-3-13(4-6-15)16-10-21-19(22-16)26-12-18(24)23-8-1-2-17(23)14-7-9-25-11-14/h3-7,9-11,17H,1-2,8,12H2,(H,21,22)/t17-/m0/s1. The summed E-state index contributed by atoms with van der Waals surface area (Å²) in [7, 11) is 0. The summed E-state index contributed by atoms with van der Waals surface area (Å²) in [5, 5.41) is 4.89. The van der Waals surface area contributed by atoms with Crippen LogP contribution in [-0.4, -0.2) is 33.1 Å². The molecule has 1 aliphatic heterocycles. The van der Waals surface area contributed by atoms with Crippen LogP contribution in [0.25, 0.3) is 11.3 Å². The van der Waals surface area contributed by atoms with Crippen molar-refractivity contribution in [1.82, 2.24) is 14.9 Å². The number of amides is 1. The lowest BCUT2D eigenvalue weighted by Gasteiger charge is -2.24. The third kappa shape index (κ3) is 3.68. The monoisotopic (exact) mass is 387 g/mol. The number of thiophene rings is 1. The van der Waals surface area contributed by atoms with Crippen molar-refractivity contribution < 1.29 is 9.18 Å². The average molecular weight is 388 g/mol. The van der Waals surface area contributed by atoms with Crippen LogP contribution in [0.5, 0.6) is 0 Å². The Kier molecular flexibility index (Phi) is 5.08. The van der Waals surface area contributed by atoms with Gasteiger partial charge in [0.1, 0.15) is 5.82 Å². The zero-order valence-electron chi connectivity index (χ0n) is 14.0. The molecule has 26 heavy (non-hydrogen) atoms. The largest absolute Gasteiger partial charge is 0.335 e. The molecule has 4 rings (SSSR count). The summed E-state index contributed by atoms with van der Waals surface area (Å²) in [4.78, 5) is 22.2. The van der Waals surface area contributed by atoms with Crippen LogP contribution in [0.1, 0.15) is 24.4 Å². The molecule has 1 aromatic carbocycles. The van der Waals surface area contributed by atoms with Gasteiger partial charge in [0.2, 0.25) is 5.91 Å². The second kappa shape index (κ2) is 7.63. The van der Waals surface area contributed by atoms with Gasteiger partial charge in [-0.15, -0.1) is 0 Å². The van der Waals surface area contributed by atoms with Crippen molar-refractivity contribution in [3.8, 4) is 11.3 Å². The van der Waals surface area contributed by atoms with Gasteiger partial charge in [0.15, 0.2) is 5.16 Å². The number of nitrogens with zero attached hydrogens (tertiary/aromatic N) is 2. The fourth-order valence-electron chi connectivity index (χ4n) is 3.24. The first-order valence-electron chi connectivity index (χ1n) is 8.46. The molecular formula is C19H18FN3OS2. The van der Waals surface area contributed by atoms with E-state index in [4.69, 9.17) is 0 Å². The van der Waals surface area contributed by atoms with E-state index in [0.29, 0.717) is 10.9 Å². The molecule has 1 fully saturated rings. The van der Waals surface area contributed by atoms with E-state index in [-0.39, 0.29) is 17.8 Å². The zero-order chi connectivity index (χ0) is 17.9. The first-order chi connectivity index (χ1) is 12.7. The Bertz CT molecular complexity index is 877. The van der Waals surface area contributed by atoms with Crippen molar-refractivity contribution in [3.05, 3.63) is 58.7 Å². The number of benzene rings is 1. The molecule has 0 saturated carbocycles. The van der Waals surface area contributed by atoms with Crippen molar-refractivity contribution in [2.24, 2.45) is 0 Å². The Hall–Kier alpha value is -2.12. The molecular weight excluding hydrogens is 369 g/mol. The number of aromatic amines is 1. The lowest BCUT2D eigenvalue weighted by molar-refractivity contribution is -0.129. The predicted octanol–water partition coefficient (Wildman–Crippen LogP) is 4.73. The topological polar surface area (TPSA) is 49.0 Å². The Morgan fingerprint density at radius 1 is 1.35 bits per heavy atom. The Labute approximate surface area is 159 Å². The lowest BCUT2D eigenvalue weighted by atomic mass is 10.1. The van der Waals surface area contributed by atoms with E-state index in [2.05, 4.69) is 26.8 Å². The minimum absolute atomic E-state index is 0.142. The van der Waals surface area contributed by atoms with Gasteiger partial charge >= 0.3 is 0 Å². The summed E-state index contributed by atoms with van der Waals surface area (Å²) in [5.74, 6) is 0.236. The molecule has 0 spiro atoms. The third-order valence-electron chi connectivity index (χ3n) is 4.54. The van der Waals surface area contributed by atoms with Crippen LogP contribution in [0, 0.1) is 5.82 Å². The van der Waals surface area contributed by atoms with E-state index in [9.17, 15) is 9.18 Å². The Morgan fingerprint density at radius 3 is 2.96 bits per heavy atom. The van der Waals surface area contributed by atoms with Gasteiger partial charge in [0, 0.05) is 6.54 Å². The number of hydrogen-bond acceptors (Lipinski definition) is 4. The highest BCUT2D eigenvalue weighted by atomic mass is 32.2. The van der Waals surface area contributed by atoms with E-state index in [1.165, 1.54) is 29.5 Å². The van der Waals surface area contributed by atoms with E-state index in [1.807, 2.05) is 4.90 Å². The Morgan fingerprint density at radius 2 is 2.19 bits per heavy atom. The molecule has 1 atom stereocenters. The fraction of sp³-hybridized carbons (Fsp3) is 0.263. The zero-order valence-corrected chi connectivity index (χ0v) is 15.7. The highest BCUT2D eigenvalue weighted by Gasteiger charge is 2.30. The third-order valence-corrected chi connectivity index (χ3v) is 6.11. The van der Waals surface area contributed by atoms with Gasteiger partial charge in [-0.2, -0.15) is 11.3 Å². The number of H-pyrrole nitrogens is 1. The number of aromatic nitrogens is 2. The molecule has 3 aromatic rings. The van der Waals surface area contributed by atoms with Crippen LogP contribution >= 0.6 is 23.1 Å². The molecule has 1 amide bonds. The summed E-state index contributed by atoms with van der Waals surface area (Å²) >= 11 is 3.07. The van der Waals surface area contributed by atoms with Gasteiger partial charge in [-0.25, -0.2) is 9.37 Å². The van der Waals surface area contributed by atoms with Gasteiger partial charge in [-0.05, 0) is 65.1 Å². The molecule has 2 aromatic heterocycles. The maximum Gasteiger partial charge on any atom is 0.233 e. The number of carbonyl (C=O) groups is 1. The van der Waals surface area contributed by atoms with Crippen molar-refractivity contribution in [2.75, 3.05) is 12.3 Å². The van der Waals surface area contributed by atoms with E-state index < -0.39 is 0 Å². The number of carbonyl (C=O) groups excluding carboxylic acids is 1. The van der Waals surface area contributed by atoms with E-state index in [0.717, 1.165) is 30.6 Å². The molecule has 0 bridgehead atoms.